The molecule has 1 N–H and O–H groups in total. The lowest BCUT2D eigenvalue weighted by Gasteiger charge is -2.34. The van der Waals surface area contributed by atoms with Crippen molar-refractivity contribution in [2.75, 3.05) is 42.5 Å². The van der Waals surface area contributed by atoms with Crippen LogP contribution in [0.1, 0.15) is 30.1 Å². The molecule has 0 bridgehead atoms. The maximum Gasteiger partial charge on any atom is 0.254 e. The van der Waals surface area contributed by atoms with Gasteiger partial charge in [-0.3, -0.25) is 4.79 Å². The standard InChI is InChI=1S/C17H23N7O/c1-2-3-5-18-15(25)14-12-21-17(22-13-14)24-10-8-23(9-11-24)16-19-6-4-7-20-16/h4,6-7,12-13H,2-3,5,8-11H2,1H3,(H,18,25). The Morgan fingerprint density at radius 3 is 2.12 bits per heavy atom. The summed E-state index contributed by atoms with van der Waals surface area (Å²) in [5.41, 5.74) is 0.496. The zero-order valence-electron chi connectivity index (χ0n) is 14.4. The molecule has 0 radical (unpaired) electrons. The SMILES string of the molecule is CCCCNC(=O)c1cnc(N2CCN(c3ncccn3)CC2)nc1. The van der Waals surface area contributed by atoms with E-state index in [9.17, 15) is 4.79 Å². The first-order valence-electron chi connectivity index (χ1n) is 8.65. The lowest BCUT2D eigenvalue weighted by atomic mass is 10.3. The topological polar surface area (TPSA) is 87.1 Å². The summed E-state index contributed by atoms with van der Waals surface area (Å²) in [5, 5.41) is 2.87. The number of amides is 1. The monoisotopic (exact) mass is 341 g/mol. The van der Waals surface area contributed by atoms with Crippen LogP contribution < -0.4 is 15.1 Å². The number of piperazine rings is 1. The van der Waals surface area contributed by atoms with Gasteiger partial charge in [0.15, 0.2) is 0 Å². The first-order valence-corrected chi connectivity index (χ1v) is 8.65. The zero-order chi connectivity index (χ0) is 17.5. The summed E-state index contributed by atoms with van der Waals surface area (Å²) in [6.07, 6.45) is 8.71. The summed E-state index contributed by atoms with van der Waals surface area (Å²) in [6, 6.07) is 1.81. The van der Waals surface area contributed by atoms with Crippen LogP contribution in [0.5, 0.6) is 0 Å². The minimum absolute atomic E-state index is 0.119. The van der Waals surface area contributed by atoms with E-state index in [4.69, 9.17) is 0 Å². The van der Waals surface area contributed by atoms with Gasteiger partial charge in [-0.1, -0.05) is 13.3 Å². The van der Waals surface area contributed by atoms with Gasteiger partial charge in [0, 0.05) is 57.5 Å². The molecule has 8 heteroatoms. The van der Waals surface area contributed by atoms with E-state index in [0.29, 0.717) is 18.1 Å². The number of unbranched alkanes of at least 4 members (excludes halogenated alkanes) is 1. The van der Waals surface area contributed by atoms with Crippen LogP contribution in [0.4, 0.5) is 11.9 Å². The molecule has 3 heterocycles. The third kappa shape index (κ3) is 4.40. The molecule has 3 rings (SSSR count). The molecule has 1 amide bonds. The minimum Gasteiger partial charge on any atom is -0.352 e. The molecule has 0 aliphatic carbocycles. The summed E-state index contributed by atoms with van der Waals surface area (Å²) in [6.45, 7) is 5.98. The van der Waals surface area contributed by atoms with Crippen molar-refractivity contribution in [1.29, 1.82) is 0 Å². The molecular weight excluding hydrogens is 318 g/mol. The molecule has 0 saturated carbocycles. The van der Waals surface area contributed by atoms with E-state index in [1.54, 1.807) is 24.8 Å². The van der Waals surface area contributed by atoms with Crippen molar-refractivity contribution < 1.29 is 4.79 Å². The molecule has 1 aliphatic rings. The molecule has 25 heavy (non-hydrogen) atoms. The number of hydrogen-bond donors (Lipinski definition) is 1. The summed E-state index contributed by atoms with van der Waals surface area (Å²) in [7, 11) is 0. The van der Waals surface area contributed by atoms with Crippen LogP contribution >= 0.6 is 0 Å². The number of carbonyl (C=O) groups is 1. The van der Waals surface area contributed by atoms with E-state index < -0.39 is 0 Å². The predicted molar refractivity (Wildman–Crippen MR) is 95.7 cm³/mol. The van der Waals surface area contributed by atoms with Crippen LogP contribution in [0.2, 0.25) is 0 Å². The van der Waals surface area contributed by atoms with E-state index in [1.807, 2.05) is 6.07 Å². The molecule has 132 valence electrons. The summed E-state index contributed by atoms with van der Waals surface area (Å²) >= 11 is 0. The van der Waals surface area contributed by atoms with Gasteiger partial charge >= 0.3 is 0 Å². The Balaban J connectivity index is 1.54. The second-order valence-electron chi connectivity index (χ2n) is 5.90. The van der Waals surface area contributed by atoms with Crippen molar-refractivity contribution in [2.45, 2.75) is 19.8 Å². The first kappa shape index (κ1) is 17.1. The highest BCUT2D eigenvalue weighted by Gasteiger charge is 2.20. The third-order valence-electron chi connectivity index (χ3n) is 4.11. The molecule has 2 aromatic heterocycles. The van der Waals surface area contributed by atoms with Gasteiger partial charge in [-0.05, 0) is 12.5 Å². The number of anilines is 2. The Kier molecular flexibility index (Phi) is 5.71. The minimum atomic E-state index is -0.119. The van der Waals surface area contributed by atoms with Gasteiger partial charge in [-0.25, -0.2) is 19.9 Å². The Labute approximate surface area is 147 Å². The van der Waals surface area contributed by atoms with Crippen LogP contribution in [-0.2, 0) is 0 Å². The van der Waals surface area contributed by atoms with Crippen molar-refractivity contribution in [3.8, 4) is 0 Å². The Hall–Kier alpha value is -2.77. The average molecular weight is 341 g/mol. The Bertz CT molecular complexity index is 669. The summed E-state index contributed by atoms with van der Waals surface area (Å²) in [5.74, 6) is 1.28. The van der Waals surface area contributed by atoms with Crippen LogP contribution in [0, 0.1) is 0 Å². The molecule has 1 saturated heterocycles. The normalized spacial score (nSPS) is 14.4. The number of carbonyl (C=O) groups excluding carboxylic acids is 1. The van der Waals surface area contributed by atoms with E-state index in [1.165, 1.54) is 0 Å². The van der Waals surface area contributed by atoms with Crippen LogP contribution in [0.15, 0.2) is 30.9 Å². The highest BCUT2D eigenvalue weighted by Crippen LogP contribution is 2.14. The summed E-state index contributed by atoms with van der Waals surface area (Å²) in [4.78, 5) is 33.5. The highest BCUT2D eigenvalue weighted by molar-refractivity contribution is 5.93. The number of rotatable bonds is 6. The van der Waals surface area contributed by atoms with Crippen molar-refractivity contribution in [2.24, 2.45) is 0 Å². The van der Waals surface area contributed by atoms with Gasteiger partial charge in [0.1, 0.15) is 0 Å². The third-order valence-corrected chi connectivity index (χ3v) is 4.11. The smallest absolute Gasteiger partial charge is 0.254 e. The van der Waals surface area contributed by atoms with E-state index in [-0.39, 0.29) is 5.91 Å². The van der Waals surface area contributed by atoms with Gasteiger partial charge < -0.3 is 15.1 Å². The molecule has 0 unspecified atom stereocenters. The van der Waals surface area contributed by atoms with E-state index in [0.717, 1.165) is 45.0 Å². The Morgan fingerprint density at radius 2 is 1.56 bits per heavy atom. The van der Waals surface area contributed by atoms with E-state index >= 15 is 0 Å². The van der Waals surface area contributed by atoms with Gasteiger partial charge in [-0.2, -0.15) is 0 Å². The number of aromatic nitrogens is 4. The second-order valence-corrected chi connectivity index (χ2v) is 5.90. The molecule has 0 aromatic carbocycles. The molecule has 2 aromatic rings. The van der Waals surface area contributed by atoms with Crippen molar-refractivity contribution in [1.82, 2.24) is 25.3 Å². The lowest BCUT2D eigenvalue weighted by Crippen LogP contribution is -2.47. The quantitative estimate of drug-likeness (QED) is 0.788. The molecule has 0 spiro atoms. The fourth-order valence-electron chi connectivity index (χ4n) is 2.64. The van der Waals surface area contributed by atoms with Gasteiger partial charge in [0.05, 0.1) is 5.56 Å². The number of nitrogens with zero attached hydrogens (tertiary/aromatic N) is 6. The van der Waals surface area contributed by atoms with Crippen LogP contribution in [0.25, 0.3) is 0 Å². The fraction of sp³-hybridized carbons (Fsp3) is 0.471. The molecular formula is C17H23N7O. The summed E-state index contributed by atoms with van der Waals surface area (Å²) < 4.78 is 0. The van der Waals surface area contributed by atoms with E-state index in [2.05, 4.69) is 42.0 Å². The highest BCUT2D eigenvalue weighted by atomic mass is 16.1. The van der Waals surface area contributed by atoms with Gasteiger partial charge in [-0.15, -0.1) is 0 Å². The Morgan fingerprint density at radius 1 is 1.00 bits per heavy atom. The molecule has 8 nitrogen and oxygen atoms in total. The lowest BCUT2D eigenvalue weighted by molar-refractivity contribution is 0.0952. The van der Waals surface area contributed by atoms with Crippen molar-refractivity contribution in [3.63, 3.8) is 0 Å². The number of nitrogens with one attached hydrogen (secondary N) is 1. The van der Waals surface area contributed by atoms with Crippen LogP contribution in [-0.4, -0.2) is 58.6 Å². The second kappa shape index (κ2) is 8.36. The molecule has 0 atom stereocenters. The van der Waals surface area contributed by atoms with Crippen molar-refractivity contribution in [3.05, 3.63) is 36.4 Å². The molecule has 1 aliphatic heterocycles. The molecule has 1 fully saturated rings. The fourth-order valence-corrected chi connectivity index (χ4v) is 2.64. The average Bonchev–Trinajstić information content (AvgIpc) is 2.69. The van der Waals surface area contributed by atoms with Crippen molar-refractivity contribution >= 4 is 17.8 Å². The van der Waals surface area contributed by atoms with Crippen LogP contribution in [0.3, 0.4) is 0 Å². The maximum atomic E-state index is 12.0. The van der Waals surface area contributed by atoms with Gasteiger partial charge in [0.25, 0.3) is 5.91 Å². The number of hydrogen-bond acceptors (Lipinski definition) is 7. The van der Waals surface area contributed by atoms with Gasteiger partial charge in [0.2, 0.25) is 11.9 Å². The maximum absolute atomic E-state index is 12.0. The zero-order valence-corrected chi connectivity index (χ0v) is 14.4. The predicted octanol–water partition coefficient (Wildman–Crippen LogP) is 1.12. The first-order chi connectivity index (χ1) is 12.3. The largest absolute Gasteiger partial charge is 0.352 e.